The molecule has 0 aliphatic heterocycles. The van der Waals surface area contributed by atoms with Gasteiger partial charge in [-0.15, -0.1) is 0 Å². The number of carbonyl (C=O) groups excluding carboxylic acids is 1. The molecule has 0 heterocycles. The maximum Gasteiger partial charge on any atom is 0.248 e. The van der Waals surface area contributed by atoms with E-state index in [0.717, 1.165) is 10.8 Å². The maximum absolute atomic E-state index is 12.4. The average molecular weight is 310 g/mol. The van der Waals surface area contributed by atoms with Gasteiger partial charge >= 0.3 is 0 Å². The lowest BCUT2D eigenvalue weighted by atomic mass is 10.1. The van der Waals surface area contributed by atoms with Gasteiger partial charge in [0, 0.05) is 11.3 Å². The molecular formula is C17H14N2O2S. The second-order valence-electron chi connectivity index (χ2n) is 4.82. The SMILES string of the molecule is NC(=O)c1cccc(NS(=O)c2ccc3ccccc3c2)c1. The van der Waals surface area contributed by atoms with Crippen LogP contribution in [0.3, 0.4) is 0 Å². The first kappa shape index (κ1) is 14.3. The molecular weight excluding hydrogens is 296 g/mol. The van der Waals surface area contributed by atoms with Gasteiger partial charge in [-0.05, 0) is 41.1 Å². The summed E-state index contributed by atoms with van der Waals surface area (Å²) < 4.78 is 15.3. The quantitative estimate of drug-likeness (QED) is 0.777. The fourth-order valence-corrected chi connectivity index (χ4v) is 3.07. The van der Waals surface area contributed by atoms with Crippen molar-refractivity contribution in [2.45, 2.75) is 4.90 Å². The average Bonchev–Trinajstić information content (AvgIpc) is 2.54. The molecule has 3 aromatic rings. The van der Waals surface area contributed by atoms with Crippen LogP contribution in [0.15, 0.2) is 71.6 Å². The van der Waals surface area contributed by atoms with Crippen LogP contribution in [0.4, 0.5) is 5.69 Å². The number of benzene rings is 3. The largest absolute Gasteiger partial charge is 0.366 e. The summed E-state index contributed by atoms with van der Waals surface area (Å²) in [6.07, 6.45) is 0. The first-order valence-electron chi connectivity index (χ1n) is 6.70. The van der Waals surface area contributed by atoms with E-state index in [1.807, 2.05) is 42.5 Å². The number of amides is 1. The molecule has 0 spiro atoms. The molecule has 1 amide bonds. The zero-order valence-corrected chi connectivity index (χ0v) is 12.5. The van der Waals surface area contributed by atoms with Crippen molar-refractivity contribution in [1.82, 2.24) is 0 Å². The van der Waals surface area contributed by atoms with Crippen LogP contribution in [0.2, 0.25) is 0 Å². The predicted octanol–water partition coefficient (Wildman–Crippen LogP) is 3.07. The lowest BCUT2D eigenvalue weighted by molar-refractivity contribution is 0.100. The molecule has 0 saturated carbocycles. The zero-order chi connectivity index (χ0) is 15.5. The van der Waals surface area contributed by atoms with Crippen LogP contribution in [0.5, 0.6) is 0 Å². The zero-order valence-electron chi connectivity index (χ0n) is 11.7. The Kier molecular flexibility index (Phi) is 3.89. The van der Waals surface area contributed by atoms with Crippen molar-refractivity contribution in [1.29, 1.82) is 0 Å². The number of fused-ring (bicyclic) bond motifs is 1. The molecule has 0 aliphatic rings. The van der Waals surface area contributed by atoms with E-state index < -0.39 is 16.9 Å². The van der Waals surface area contributed by atoms with Gasteiger partial charge in [-0.3, -0.25) is 4.79 Å². The third-order valence-corrected chi connectivity index (χ3v) is 4.40. The molecule has 22 heavy (non-hydrogen) atoms. The standard InChI is InChI=1S/C17H14N2O2S/c18-17(20)14-6-3-7-15(10-14)19-22(21)16-9-8-12-4-1-2-5-13(12)11-16/h1-11,19H,(H2,18,20). The third kappa shape index (κ3) is 2.99. The van der Waals surface area contributed by atoms with Crippen molar-refractivity contribution >= 4 is 33.4 Å². The highest BCUT2D eigenvalue weighted by Crippen LogP contribution is 2.19. The van der Waals surface area contributed by atoms with Gasteiger partial charge in [-0.1, -0.05) is 36.4 Å². The van der Waals surface area contributed by atoms with E-state index in [9.17, 15) is 9.00 Å². The summed E-state index contributed by atoms with van der Waals surface area (Å²) in [5.41, 5.74) is 6.21. The Balaban J connectivity index is 1.86. The molecule has 0 bridgehead atoms. The van der Waals surface area contributed by atoms with Crippen LogP contribution in [0.1, 0.15) is 10.4 Å². The summed E-state index contributed by atoms with van der Waals surface area (Å²) in [5.74, 6) is -0.514. The van der Waals surface area contributed by atoms with Crippen molar-refractivity contribution in [2.24, 2.45) is 5.73 Å². The molecule has 0 aromatic heterocycles. The summed E-state index contributed by atoms with van der Waals surface area (Å²) in [4.78, 5) is 11.8. The molecule has 0 aliphatic carbocycles. The maximum atomic E-state index is 12.4. The number of rotatable bonds is 4. The number of hydrogen-bond donors (Lipinski definition) is 2. The molecule has 3 rings (SSSR count). The van der Waals surface area contributed by atoms with Gasteiger partial charge in [0.2, 0.25) is 5.91 Å². The van der Waals surface area contributed by atoms with E-state index in [1.165, 1.54) is 0 Å². The van der Waals surface area contributed by atoms with Crippen LogP contribution in [0.25, 0.3) is 10.8 Å². The molecule has 3 aromatic carbocycles. The minimum absolute atomic E-state index is 0.375. The highest BCUT2D eigenvalue weighted by Gasteiger charge is 2.07. The van der Waals surface area contributed by atoms with E-state index in [4.69, 9.17) is 5.73 Å². The summed E-state index contributed by atoms with van der Waals surface area (Å²) >= 11 is 0. The fraction of sp³-hybridized carbons (Fsp3) is 0. The van der Waals surface area contributed by atoms with Gasteiger partial charge in [0.1, 0.15) is 11.0 Å². The van der Waals surface area contributed by atoms with E-state index in [1.54, 1.807) is 24.3 Å². The Morgan fingerprint density at radius 2 is 1.68 bits per heavy atom. The van der Waals surface area contributed by atoms with Crippen molar-refractivity contribution in [3.8, 4) is 0 Å². The van der Waals surface area contributed by atoms with Gasteiger partial charge in [-0.25, -0.2) is 4.21 Å². The Bertz CT molecular complexity index is 877. The summed E-state index contributed by atoms with van der Waals surface area (Å²) in [5, 5.41) is 2.13. The van der Waals surface area contributed by atoms with Gasteiger partial charge in [0.15, 0.2) is 0 Å². The van der Waals surface area contributed by atoms with E-state index in [0.29, 0.717) is 16.1 Å². The van der Waals surface area contributed by atoms with Gasteiger partial charge in [0.05, 0.1) is 4.90 Å². The van der Waals surface area contributed by atoms with Crippen LogP contribution in [-0.2, 0) is 11.0 Å². The minimum atomic E-state index is -1.41. The molecule has 0 radical (unpaired) electrons. The molecule has 0 fully saturated rings. The Labute approximate surface area is 130 Å². The van der Waals surface area contributed by atoms with Gasteiger partial charge < -0.3 is 10.5 Å². The Hall–Kier alpha value is -2.66. The summed E-state index contributed by atoms with van der Waals surface area (Å²) in [6.45, 7) is 0. The Morgan fingerprint density at radius 3 is 2.45 bits per heavy atom. The third-order valence-electron chi connectivity index (χ3n) is 3.29. The monoisotopic (exact) mass is 310 g/mol. The summed E-state index contributed by atoms with van der Waals surface area (Å²) in [6, 6.07) is 20.2. The summed E-state index contributed by atoms with van der Waals surface area (Å²) in [7, 11) is -1.41. The number of anilines is 1. The normalized spacial score (nSPS) is 12.0. The topological polar surface area (TPSA) is 72.2 Å². The number of carbonyl (C=O) groups is 1. The smallest absolute Gasteiger partial charge is 0.248 e. The van der Waals surface area contributed by atoms with Crippen LogP contribution >= 0.6 is 0 Å². The lowest BCUT2D eigenvalue weighted by Gasteiger charge is -2.08. The highest BCUT2D eigenvalue weighted by atomic mass is 32.2. The predicted molar refractivity (Wildman–Crippen MR) is 88.9 cm³/mol. The highest BCUT2D eigenvalue weighted by molar-refractivity contribution is 7.86. The number of primary amides is 1. The molecule has 1 atom stereocenters. The van der Waals surface area contributed by atoms with Crippen molar-refractivity contribution in [2.75, 3.05) is 4.72 Å². The number of nitrogens with one attached hydrogen (secondary N) is 1. The van der Waals surface area contributed by atoms with E-state index in [2.05, 4.69) is 4.72 Å². The molecule has 0 saturated heterocycles. The van der Waals surface area contributed by atoms with Gasteiger partial charge in [-0.2, -0.15) is 0 Å². The van der Waals surface area contributed by atoms with Crippen LogP contribution in [0, 0.1) is 0 Å². The lowest BCUT2D eigenvalue weighted by Crippen LogP contribution is -2.11. The second kappa shape index (κ2) is 5.99. The van der Waals surface area contributed by atoms with Crippen molar-refractivity contribution < 1.29 is 9.00 Å². The van der Waals surface area contributed by atoms with Gasteiger partial charge in [0.25, 0.3) is 0 Å². The second-order valence-corrected chi connectivity index (χ2v) is 6.04. The molecule has 3 N–H and O–H groups in total. The number of hydrogen-bond acceptors (Lipinski definition) is 2. The van der Waals surface area contributed by atoms with E-state index >= 15 is 0 Å². The van der Waals surface area contributed by atoms with Crippen molar-refractivity contribution in [3.05, 3.63) is 72.3 Å². The minimum Gasteiger partial charge on any atom is -0.366 e. The van der Waals surface area contributed by atoms with E-state index in [-0.39, 0.29) is 0 Å². The van der Waals surface area contributed by atoms with Crippen molar-refractivity contribution in [3.63, 3.8) is 0 Å². The first-order chi connectivity index (χ1) is 10.6. The molecule has 4 nitrogen and oxygen atoms in total. The molecule has 5 heteroatoms. The fourth-order valence-electron chi connectivity index (χ4n) is 2.18. The van der Waals surface area contributed by atoms with Crippen LogP contribution in [-0.4, -0.2) is 10.1 Å². The molecule has 110 valence electrons. The number of nitrogens with two attached hydrogens (primary N) is 1. The molecule has 1 unspecified atom stereocenters. The Morgan fingerprint density at radius 1 is 0.909 bits per heavy atom. The van der Waals surface area contributed by atoms with Crippen LogP contribution < -0.4 is 10.5 Å². The first-order valence-corrected chi connectivity index (χ1v) is 7.85.